The summed E-state index contributed by atoms with van der Waals surface area (Å²) in [6.45, 7) is 2.79. The van der Waals surface area contributed by atoms with Crippen LogP contribution in [0.4, 0.5) is 5.69 Å². The molecular formula is C24H23N3O2S2. The first-order valence-corrected chi connectivity index (χ1v) is 12.3. The van der Waals surface area contributed by atoms with Crippen LogP contribution < -0.4 is 9.94 Å². The molecule has 0 bridgehead atoms. The standard InChI is InChI=1S/C24H23N3O2S2/c1-18-7-11-20(12-8-18)23-17-30-24(26-21-5-3-2-4-6-21)27(23)16-15-19-9-13-22(14-10-19)31(25,28)29/h2-14,17H,15-16H2,1H3,(H2,25,28,29). The zero-order valence-corrected chi connectivity index (χ0v) is 18.7. The van der Waals surface area contributed by atoms with Gasteiger partial charge >= 0.3 is 0 Å². The summed E-state index contributed by atoms with van der Waals surface area (Å²) in [6, 6.07) is 25.1. The van der Waals surface area contributed by atoms with E-state index < -0.39 is 10.0 Å². The number of rotatable bonds is 6. The molecule has 4 aromatic rings. The van der Waals surface area contributed by atoms with Gasteiger partial charge in [-0.3, -0.25) is 0 Å². The van der Waals surface area contributed by atoms with E-state index >= 15 is 0 Å². The van der Waals surface area contributed by atoms with Gasteiger partial charge in [-0.25, -0.2) is 18.5 Å². The van der Waals surface area contributed by atoms with Gasteiger partial charge in [0.15, 0.2) is 4.80 Å². The fraction of sp³-hybridized carbons (Fsp3) is 0.125. The molecule has 0 saturated carbocycles. The summed E-state index contributed by atoms with van der Waals surface area (Å²) < 4.78 is 25.2. The molecule has 31 heavy (non-hydrogen) atoms. The first kappa shape index (κ1) is 21.2. The molecule has 0 aliphatic carbocycles. The van der Waals surface area contributed by atoms with Crippen LogP contribution in [0.15, 0.2) is 94.1 Å². The van der Waals surface area contributed by atoms with Gasteiger partial charge < -0.3 is 4.57 Å². The SMILES string of the molecule is Cc1ccc(-c2csc(=Nc3ccccc3)n2CCc2ccc(S(N)(=O)=O)cc2)cc1. The zero-order chi connectivity index (χ0) is 21.8. The Morgan fingerprint density at radius 1 is 0.935 bits per heavy atom. The molecule has 3 aromatic carbocycles. The molecule has 0 unspecified atom stereocenters. The molecule has 0 saturated heterocycles. The third-order valence-corrected chi connectivity index (χ3v) is 6.79. The molecule has 0 aliphatic rings. The van der Waals surface area contributed by atoms with Crippen LogP contribution in [0.2, 0.25) is 0 Å². The van der Waals surface area contributed by atoms with Crippen molar-refractivity contribution in [3.63, 3.8) is 0 Å². The number of para-hydroxylation sites is 1. The second-order valence-electron chi connectivity index (χ2n) is 7.31. The molecule has 0 radical (unpaired) electrons. The van der Waals surface area contributed by atoms with Crippen molar-refractivity contribution in [3.8, 4) is 11.3 Å². The second kappa shape index (κ2) is 9.01. The highest BCUT2D eigenvalue weighted by atomic mass is 32.2. The first-order chi connectivity index (χ1) is 14.9. The van der Waals surface area contributed by atoms with Crippen molar-refractivity contribution in [2.24, 2.45) is 10.1 Å². The Bertz CT molecular complexity index is 1340. The van der Waals surface area contributed by atoms with E-state index in [0.717, 1.165) is 33.7 Å². The zero-order valence-electron chi connectivity index (χ0n) is 17.1. The minimum atomic E-state index is -3.68. The molecule has 7 heteroatoms. The molecule has 0 aliphatic heterocycles. The average molecular weight is 450 g/mol. The highest BCUT2D eigenvalue weighted by Gasteiger charge is 2.10. The Hall–Kier alpha value is -3.00. The predicted octanol–water partition coefficient (Wildman–Crippen LogP) is 4.65. The van der Waals surface area contributed by atoms with Gasteiger partial charge in [-0.05, 0) is 48.7 Å². The van der Waals surface area contributed by atoms with Gasteiger partial charge in [-0.15, -0.1) is 11.3 Å². The van der Waals surface area contributed by atoms with Gasteiger partial charge in [0, 0.05) is 11.9 Å². The van der Waals surface area contributed by atoms with Gasteiger partial charge in [-0.1, -0.05) is 60.2 Å². The average Bonchev–Trinajstić information content (AvgIpc) is 3.15. The molecule has 0 fully saturated rings. The van der Waals surface area contributed by atoms with Gasteiger partial charge in [0.1, 0.15) is 0 Å². The molecule has 0 atom stereocenters. The van der Waals surface area contributed by atoms with Crippen LogP contribution in [-0.4, -0.2) is 13.0 Å². The van der Waals surface area contributed by atoms with E-state index in [-0.39, 0.29) is 4.90 Å². The highest BCUT2D eigenvalue weighted by molar-refractivity contribution is 7.89. The van der Waals surface area contributed by atoms with Gasteiger partial charge in [-0.2, -0.15) is 0 Å². The van der Waals surface area contributed by atoms with E-state index in [1.807, 2.05) is 42.5 Å². The van der Waals surface area contributed by atoms with Gasteiger partial charge in [0.25, 0.3) is 0 Å². The number of primary sulfonamides is 1. The summed E-state index contributed by atoms with van der Waals surface area (Å²) in [4.78, 5) is 5.89. The van der Waals surface area contributed by atoms with Crippen LogP contribution in [0.25, 0.3) is 11.3 Å². The maximum Gasteiger partial charge on any atom is 0.238 e. The Morgan fingerprint density at radius 2 is 1.61 bits per heavy atom. The third-order valence-electron chi connectivity index (χ3n) is 5.00. The Labute approximate surface area is 186 Å². The largest absolute Gasteiger partial charge is 0.316 e. The highest BCUT2D eigenvalue weighted by Crippen LogP contribution is 2.22. The Balaban J connectivity index is 1.69. The predicted molar refractivity (Wildman–Crippen MR) is 126 cm³/mol. The number of sulfonamides is 1. The van der Waals surface area contributed by atoms with Crippen LogP contribution in [0, 0.1) is 6.92 Å². The number of aromatic nitrogens is 1. The van der Waals surface area contributed by atoms with E-state index in [1.165, 1.54) is 5.56 Å². The Kier molecular flexibility index (Phi) is 6.18. The van der Waals surface area contributed by atoms with Crippen molar-refractivity contribution >= 4 is 27.0 Å². The van der Waals surface area contributed by atoms with Gasteiger partial charge in [0.2, 0.25) is 10.0 Å². The normalized spacial score (nSPS) is 12.3. The van der Waals surface area contributed by atoms with E-state index in [9.17, 15) is 8.42 Å². The summed E-state index contributed by atoms with van der Waals surface area (Å²) in [7, 11) is -3.68. The molecule has 5 nitrogen and oxygen atoms in total. The maximum atomic E-state index is 11.5. The van der Waals surface area contributed by atoms with Crippen LogP contribution in [0.5, 0.6) is 0 Å². The van der Waals surface area contributed by atoms with Crippen LogP contribution >= 0.6 is 11.3 Å². The lowest BCUT2D eigenvalue weighted by Gasteiger charge is -2.10. The van der Waals surface area contributed by atoms with Crippen molar-refractivity contribution in [3.05, 3.63) is 100 Å². The lowest BCUT2D eigenvalue weighted by atomic mass is 10.1. The number of thiazole rings is 1. The van der Waals surface area contributed by atoms with Gasteiger partial charge in [0.05, 0.1) is 16.3 Å². The molecular weight excluding hydrogens is 426 g/mol. The smallest absolute Gasteiger partial charge is 0.238 e. The fourth-order valence-corrected chi connectivity index (χ4v) is 4.76. The molecule has 0 amide bonds. The maximum absolute atomic E-state index is 11.5. The minimum absolute atomic E-state index is 0.125. The van der Waals surface area contributed by atoms with E-state index in [1.54, 1.807) is 23.5 Å². The van der Waals surface area contributed by atoms with E-state index in [4.69, 9.17) is 10.1 Å². The van der Waals surface area contributed by atoms with Crippen LogP contribution in [-0.2, 0) is 23.0 Å². The van der Waals surface area contributed by atoms with Crippen LogP contribution in [0.3, 0.4) is 0 Å². The number of nitrogens with zero attached hydrogens (tertiary/aromatic N) is 2. The minimum Gasteiger partial charge on any atom is -0.316 e. The van der Waals surface area contributed by atoms with Crippen molar-refractivity contribution < 1.29 is 8.42 Å². The molecule has 1 heterocycles. The summed E-state index contributed by atoms with van der Waals surface area (Å²) in [5.41, 5.74) is 5.41. The van der Waals surface area contributed by atoms with Crippen molar-refractivity contribution in [1.82, 2.24) is 4.57 Å². The first-order valence-electron chi connectivity index (χ1n) is 9.87. The second-order valence-corrected chi connectivity index (χ2v) is 9.71. The van der Waals surface area contributed by atoms with Crippen molar-refractivity contribution in [2.75, 3.05) is 0 Å². The quantitative estimate of drug-likeness (QED) is 0.465. The van der Waals surface area contributed by atoms with E-state index in [2.05, 4.69) is 41.1 Å². The number of hydrogen-bond acceptors (Lipinski definition) is 4. The molecule has 4 rings (SSSR count). The summed E-state index contributed by atoms with van der Waals surface area (Å²) in [6.07, 6.45) is 0.739. The Morgan fingerprint density at radius 3 is 2.26 bits per heavy atom. The fourth-order valence-electron chi connectivity index (χ4n) is 3.29. The summed E-state index contributed by atoms with van der Waals surface area (Å²) in [5.74, 6) is 0. The summed E-state index contributed by atoms with van der Waals surface area (Å²) in [5, 5.41) is 7.34. The lowest BCUT2D eigenvalue weighted by molar-refractivity contribution is 0.597. The van der Waals surface area contributed by atoms with Crippen molar-refractivity contribution in [2.45, 2.75) is 24.8 Å². The number of benzene rings is 3. The van der Waals surface area contributed by atoms with Crippen LogP contribution in [0.1, 0.15) is 11.1 Å². The number of aryl methyl sites for hydroxylation is 2. The molecule has 158 valence electrons. The van der Waals surface area contributed by atoms with Crippen molar-refractivity contribution in [1.29, 1.82) is 0 Å². The monoisotopic (exact) mass is 449 g/mol. The number of nitrogens with two attached hydrogens (primary N) is 1. The topological polar surface area (TPSA) is 77.5 Å². The molecule has 0 spiro atoms. The lowest BCUT2D eigenvalue weighted by Crippen LogP contribution is -2.17. The molecule has 1 aromatic heterocycles. The molecule has 2 N–H and O–H groups in total. The number of hydrogen-bond donors (Lipinski definition) is 1. The third kappa shape index (κ3) is 5.19. The summed E-state index contributed by atoms with van der Waals surface area (Å²) >= 11 is 1.61. The van der Waals surface area contributed by atoms with E-state index in [0.29, 0.717) is 6.54 Å².